The van der Waals surface area contributed by atoms with Gasteiger partial charge in [0, 0.05) is 15.5 Å². The predicted molar refractivity (Wildman–Crippen MR) is 120 cm³/mol. The number of benzene rings is 3. The first kappa shape index (κ1) is 21.7. The van der Waals surface area contributed by atoms with Crippen LogP contribution in [-0.4, -0.2) is 14.2 Å². The number of nitrogens with zero attached hydrogens (tertiary/aromatic N) is 2. The fourth-order valence-electron chi connectivity index (χ4n) is 2.77. The molecule has 8 heteroatoms. The molecule has 0 aliphatic heterocycles. The summed E-state index contributed by atoms with van der Waals surface area (Å²) in [7, 11) is 2.93. The summed E-state index contributed by atoms with van der Waals surface area (Å²) in [5, 5.41) is 20.1. The van der Waals surface area contributed by atoms with Gasteiger partial charge in [-0.2, -0.15) is 10.5 Å². The van der Waals surface area contributed by atoms with Crippen molar-refractivity contribution < 1.29 is 9.47 Å². The van der Waals surface area contributed by atoms with E-state index < -0.39 is 0 Å². The van der Waals surface area contributed by atoms with Gasteiger partial charge in [-0.1, -0.05) is 59.4 Å². The van der Waals surface area contributed by atoms with Crippen molar-refractivity contribution in [2.45, 2.75) is 19.6 Å². The summed E-state index contributed by atoms with van der Waals surface area (Å²) >= 11 is 9.05. The van der Waals surface area contributed by atoms with E-state index in [1.54, 1.807) is 12.1 Å². The van der Waals surface area contributed by atoms with Crippen molar-refractivity contribution in [2.24, 2.45) is 0 Å². The van der Waals surface area contributed by atoms with Gasteiger partial charge in [-0.3, -0.25) is 0 Å². The number of nitriles is 2. The van der Waals surface area contributed by atoms with Gasteiger partial charge < -0.3 is 15.2 Å². The van der Waals surface area contributed by atoms with Crippen LogP contribution in [0.4, 0.5) is 5.69 Å². The van der Waals surface area contributed by atoms with Gasteiger partial charge in [0.25, 0.3) is 0 Å². The lowest BCUT2D eigenvalue weighted by atomic mass is 10.1. The molecule has 150 valence electrons. The van der Waals surface area contributed by atoms with Gasteiger partial charge in [-0.15, -0.1) is 0 Å². The molecule has 0 radical (unpaired) electrons. The van der Waals surface area contributed by atoms with Crippen LogP contribution in [0.25, 0.3) is 0 Å². The largest absolute Gasteiger partial charge is 0.494 e. The molecule has 3 rings (SSSR count). The van der Waals surface area contributed by atoms with Crippen molar-refractivity contribution >= 4 is 40.8 Å². The number of methoxy groups -OCH3 is 2. The number of para-hydroxylation sites is 1. The van der Waals surface area contributed by atoms with E-state index in [2.05, 4.69) is 12.1 Å². The predicted octanol–water partition coefficient (Wildman–Crippen LogP) is 5.99. The van der Waals surface area contributed by atoms with Crippen molar-refractivity contribution in [3.63, 3.8) is 0 Å². The van der Waals surface area contributed by atoms with E-state index in [1.807, 2.05) is 36.4 Å². The third-order valence-electron chi connectivity index (χ3n) is 4.13. The van der Waals surface area contributed by atoms with Crippen LogP contribution in [0.2, 0.25) is 5.02 Å². The number of halogens is 1. The molecule has 0 fully saturated rings. The van der Waals surface area contributed by atoms with Crippen LogP contribution in [0, 0.1) is 22.7 Å². The van der Waals surface area contributed by atoms with Gasteiger partial charge in [0.05, 0.1) is 29.0 Å². The van der Waals surface area contributed by atoms with Crippen molar-refractivity contribution in [1.82, 2.24) is 0 Å². The van der Waals surface area contributed by atoms with Crippen LogP contribution in [0.3, 0.4) is 0 Å². The Labute approximate surface area is 188 Å². The van der Waals surface area contributed by atoms with Crippen molar-refractivity contribution in [3.8, 4) is 23.6 Å². The third kappa shape index (κ3) is 4.15. The summed E-state index contributed by atoms with van der Waals surface area (Å²) in [6.07, 6.45) is 0. The van der Waals surface area contributed by atoms with Gasteiger partial charge in [-0.25, -0.2) is 0 Å². The van der Waals surface area contributed by atoms with Gasteiger partial charge >= 0.3 is 0 Å². The quantitative estimate of drug-likeness (QED) is 0.458. The van der Waals surface area contributed by atoms with E-state index in [0.717, 1.165) is 9.79 Å². The average Bonchev–Trinajstić information content (AvgIpc) is 2.76. The molecule has 0 bridgehead atoms. The molecule has 0 aromatic heterocycles. The lowest BCUT2D eigenvalue weighted by Gasteiger charge is -2.20. The Hall–Kier alpha value is -2.97. The fourth-order valence-corrected chi connectivity index (χ4v) is 5.28. The van der Waals surface area contributed by atoms with E-state index in [4.69, 9.17) is 26.8 Å². The molecule has 0 saturated heterocycles. The standard InChI is InChI=1S/C22H16ClN3O2S2/c1-27-19-13(11-24)14(12-25)20(28-2)22(30-18-10-6-4-8-16(18)26)21(19)29-17-9-5-3-7-15(17)23/h3-10H,26H2,1-2H3. The van der Waals surface area contributed by atoms with Crippen LogP contribution in [0.15, 0.2) is 68.1 Å². The van der Waals surface area contributed by atoms with Crippen LogP contribution in [-0.2, 0) is 0 Å². The molecule has 2 N–H and O–H groups in total. The second-order valence-electron chi connectivity index (χ2n) is 5.87. The highest BCUT2D eigenvalue weighted by Crippen LogP contribution is 2.53. The Morgan fingerprint density at radius 3 is 1.73 bits per heavy atom. The highest BCUT2D eigenvalue weighted by molar-refractivity contribution is 8.02. The third-order valence-corrected chi connectivity index (χ3v) is 7.06. The highest BCUT2D eigenvalue weighted by atomic mass is 35.5. The molecule has 0 aliphatic rings. The average molecular weight is 454 g/mol. The zero-order valence-corrected chi connectivity index (χ0v) is 18.5. The van der Waals surface area contributed by atoms with Gasteiger partial charge in [0.15, 0.2) is 11.5 Å². The smallest absolute Gasteiger partial charge is 0.153 e. The minimum absolute atomic E-state index is 0.108. The summed E-state index contributed by atoms with van der Waals surface area (Å²) in [6.45, 7) is 0. The first-order valence-corrected chi connectivity index (χ1v) is 10.6. The van der Waals surface area contributed by atoms with Gasteiger partial charge in [0.1, 0.15) is 23.3 Å². The molecule has 0 spiro atoms. The van der Waals surface area contributed by atoms with Crippen molar-refractivity contribution in [1.29, 1.82) is 10.5 Å². The first-order chi connectivity index (χ1) is 14.5. The number of anilines is 1. The molecule has 0 heterocycles. The molecular weight excluding hydrogens is 438 g/mol. The number of hydrogen-bond donors (Lipinski definition) is 1. The van der Waals surface area contributed by atoms with E-state index in [0.29, 0.717) is 20.5 Å². The van der Waals surface area contributed by atoms with E-state index in [1.165, 1.54) is 37.7 Å². The maximum atomic E-state index is 9.75. The normalized spacial score (nSPS) is 10.2. The van der Waals surface area contributed by atoms with Crippen LogP contribution >= 0.6 is 35.1 Å². The first-order valence-electron chi connectivity index (χ1n) is 8.62. The lowest BCUT2D eigenvalue weighted by molar-refractivity contribution is 0.382. The van der Waals surface area contributed by atoms with Crippen LogP contribution in [0.1, 0.15) is 11.1 Å². The Bertz CT molecular complexity index is 1090. The topological polar surface area (TPSA) is 92.1 Å². The summed E-state index contributed by atoms with van der Waals surface area (Å²) in [5.74, 6) is 0.578. The minimum Gasteiger partial charge on any atom is -0.494 e. The Balaban J connectivity index is 2.34. The summed E-state index contributed by atoms with van der Waals surface area (Å²) in [6, 6.07) is 18.9. The number of rotatable bonds is 6. The van der Waals surface area contributed by atoms with Crippen LogP contribution in [0.5, 0.6) is 11.5 Å². The maximum absolute atomic E-state index is 9.75. The summed E-state index contributed by atoms with van der Waals surface area (Å²) in [5.41, 5.74) is 6.95. The molecule has 0 aliphatic carbocycles. The van der Waals surface area contributed by atoms with Crippen molar-refractivity contribution in [2.75, 3.05) is 20.0 Å². The van der Waals surface area contributed by atoms with Crippen molar-refractivity contribution in [3.05, 3.63) is 64.7 Å². The number of hydrogen-bond acceptors (Lipinski definition) is 7. The Morgan fingerprint density at radius 1 is 0.800 bits per heavy atom. The molecular formula is C22H16ClN3O2S2. The second-order valence-corrected chi connectivity index (χ2v) is 8.38. The molecule has 0 saturated carbocycles. The molecule has 0 amide bonds. The zero-order chi connectivity index (χ0) is 21.7. The second kappa shape index (κ2) is 9.69. The van der Waals surface area contributed by atoms with E-state index in [9.17, 15) is 10.5 Å². The number of nitrogen functional groups attached to an aromatic ring is 1. The molecule has 0 unspecified atom stereocenters. The summed E-state index contributed by atoms with van der Waals surface area (Å²) in [4.78, 5) is 2.79. The summed E-state index contributed by atoms with van der Waals surface area (Å²) < 4.78 is 11.2. The minimum atomic E-state index is 0.108. The zero-order valence-electron chi connectivity index (χ0n) is 16.1. The maximum Gasteiger partial charge on any atom is 0.153 e. The molecule has 3 aromatic carbocycles. The van der Waals surface area contributed by atoms with Crippen LogP contribution < -0.4 is 15.2 Å². The SMILES string of the molecule is COc1c(C#N)c(C#N)c(OC)c(Sc2ccccc2Cl)c1Sc1ccccc1N. The fraction of sp³-hybridized carbons (Fsp3) is 0.0909. The van der Waals surface area contributed by atoms with Gasteiger partial charge in [0.2, 0.25) is 0 Å². The number of ether oxygens (including phenoxy) is 2. The molecule has 5 nitrogen and oxygen atoms in total. The van der Waals surface area contributed by atoms with E-state index in [-0.39, 0.29) is 22.6 Å². The lowest BCUT2D eigenvalue weighted by Crippen LogP contribution is -2.02. The van der Waals surface area contributed by atoms with E-state index >= 15 is 0 Å². The number of nitrogens with two attached hydrogens (primary N) is 1. The molecule has 3 aromatic rings. The Morgan fingerprint density at radius 2 is 1.27 bits per heavy atom. The molecule has 30 heavy (non-hydrogen) atoms. The molecule has 0 atom stereocenters. The monoisotopic (exact) mass is 453 g/mol. The Kier molecular flexibility index (Phi) is 7.02. The van der Waals surface area contributed by atoms with Gasteiger partial charge in [-0.05, 0) is 24.3 Å². The highest BCUT2D eigenvalue weighted by Gasteiger charge is 2.28.